The van der Waals surface area contributed by atoms with Crippen LogP contribution in [0.15, 0.2) is 18.2 Å². The maximum Gasteiger partial charge on any atom is 0.389 e. The molecule has 0 unspecified atom stereocenters. The maximum atomic E-state index is 11.8. The fourth-order valence-corrected chi connectivity index (χ4v) is 1.83. The van der Waals surface area contributed by atoms with E-state index in [0.717, 1.165) is 5.69 Å². The number of ether oxygens (including phenoxy) is 1. The maximum absolute atomic E-state index is 11.8. The number of carbonyl (C=O) groups excluding carboxylic acids is 1. The summed E-state index contributed by atoms with van der Waals surface area (Å²) in [6.45, 7) is 2.39. The zero-order valence-electron chi connectivity index (χ0n) is 9.10. The summed E-state index contributed by atoms with van der Waals surface area (Å²) in [4.78, 5) is 16.4. The van der Waals surface area contributed by atoms with E-state index in [0.29, 0.717) is 17.9 Å². The molecule has 0 spiro atoms. The molecule has 2 rings (SSSR count). The summed E-state index contributed by atoms with van der Waals surface area (Å²) in [5, 5.41) is 0. The summed E-state index contributed by atoms with van der Waals surface area (Å²) < 4.78 is 5.10. The van der Waals surface area contributed by atoms with Crippen LogP contribution in [0.3, 0.4) is 0 Å². The van der Waals surface area contributed by atoms with E-state index in [4.69, 9.17) is 10.3 Å². The number of amides is 1. The first-order valence-electron chi connectivity index (χ1n) is 4.95. The summed E-state index contributed by atoms with van der Waals surface area (Å²) in [5.74, 6) is 0.387. The highest BCUT2D eigenvalue weighted by Crippen LogP contribution is 2.31. The van der Waals surface area contributed by atoms with Gasteiger partial charge in [-0.2, -0.15) is 4.79 Å². The molecular formula is C11H11N3O2. The molecule has 82 valence electrons. The summed E-state index contributed by atoms with van der Waals surface area (Å²) in [5.41, 5.74) is 10.3. The quantitative estimate of drug-likeness (QED) is 0.549. The number of hydrogen-bond donors (Lipinski definition) is 0. The Morgan fingerprint density at radius 2 is 2.25 bits per heavy atom. The second kappa shape index (κ2) is 3.79. The monoisotopic (exact) mass is 217 g/mol. The van der Waals surface area contributed by atoms with E-state index in [2.05, 4.69) is 4.79 Å². The van der Waals surface area contributed by atoms with Gasteiger partial charge >= 0.3 is 11.6 Å². The van der Waals surface area contributed by atoms with Gasteiger partial charge in [0.25, 0.3) is 0 Å². The van der Waals surface area contributed by atoms with Crippen LogP contribution in [0.5, 0.6) is 5.75 Å². The standard InChI is InChI=1S/C11H11N3O2/c1-3-14-9-6-7(16-2)4-5-8(9)10(13-12)11(14)15/h4-6H,3H2,1-2H3. The Kier molecular flexibility index (Phi) is 2.46. The van der Waals surface area contributed by atoms with Crippen molar-refractivity contribution in [2.24, 2.45) is 0 Å². The van der Waals surface area contributed by atoms with Crippen LogP contribution in [0.4, 0.5) is 5.69 Å². The second-order valence-corrected chi connectivity index (χ2v) is 3.38. The van der Waals surface area contributed by atoms with Gasteiger partial charge in [-0.25, -0.2) is 0 Å². The molecule has 1 aromatic rings. The largest absolute Gasteiger partial charge is 0.497 e. The number of fused-ring (bicyclic) bond motifs is 1. The molecule has 0 N–H and O–H groups in total. The van der Waals surface area contributed by atoms with Gasteiger partial charge in [0.2, 0.25) is 0 Å². The predicted octanol–water partition coefficient (Wildman–Crippen LogP) is 1.08. The zero-order valence-corrected chi connectivity index (χ0v) is 9.10. The van der Waals surface area contributed by atoms with Crippen molar-refractivity contribution in [1.29, 1.82) is 0 Å². The lowest BCUT2D eigenvalue weighted by atomic mass is 10.1. The Bertz CT molecular complexity index is 504. The molecule has 0 atom stereocenters. The lowest BCUT2D eigenvalue weighted by Gasteiger charge is -2.12. The number of nitrogens with zero attached hydrogens (tertiary/aromatic N) is 3. The Hall–Kier alpha value is -2.13. The normalized spacial score (nSPS) is 13.8. The van der Waals surface area contributed by atoms with Gasteiger partial charge < -0.3 is 15.2 Å². The van der Waals surface area contributed by atoms with E-state index in [1.54, 1.807) is 30.2 Å². The molecule has 0 radical (unpaired) electrons. The smallest absolute Gasteiger partial charge is 0.389 e. The van der Waals surface area contributed by atoms with Crippen molar-refractivity contribution < 1.29 is 14.3 Å². The number of carbonyl (C=O) groups is 1. The molecule has 1 aromatic carbocycles. The van der Waals surface area contributed by atoms with Crippen LogP contribution in [0.1, 0.15) is 12.5 Å². The molecule has 1 heterocycles. The summed E-state index contributed by atoms with van der Waals surface area (Å²) >= 11 is 0. The summed E-state index contributed by atoms with van der Waals surface area (Å²) in [6, 6.07) is 5.21. The van der Waals surface area contributed by atoms with Crippen molar-refractivity contribution in [1.82, 2.24) is 0 Å². The Balaban J connectivity index is 2.64. The van der Waals surface area contributed by atoms with Gasteiger partial charge in [-0.15, -0.1) is 0 Å². The van der Waals surface area contributed by atoms with Crippen LogP contribution < -0.4 is 9.64 Å². The first kappa shape index (κ1) is 10.4. The van der Waals surface area contributed by atoms with Crippen molar-refractivity contribution in [3.05, 3.63) is 29.3 Å². The SMILES string of the molecule is CCN1C(=O)C(=[N+]=[N-])c2ccc(OC)cc21. The first-order chi connectivity index (χ1) is 7.72. The van der Waals surface area contributed by atoms with Crippen LogP contribution in [-0.4, -0.2) is 30.1 Å². The zero-order chi connectivity index (χ0) is 11.7. The molecule has 5 nitrogen and oxygen atoms in total. The molecule has 1 amide bonds. The van der Waals surface area contributed by atoms with Gasteiger partial charge in [-0.3, -0.25) is 4.79 Å². The molecule has 16 heavy (non-hydrogen) atoms. The van der Waals surface area contributed by atoms with Crippen molar-refractivity contribution in [3.63, 3.8) is 0 Å². The van der Waals surface area contributed by atoms with E-state index in [1.165, 1.54) is 0 Å². The van der Waals surface area contributed by atoms with Gasteiger partial charge in [0.05, 0.1) is 18.4 Å². The Labute approximate surface area is 92.9 Å². The molecule has 0 aromatic heterocycles. The molecule has 1 aliphatic rings. The van der Waals surface area contributed by atoms with Crippen LogP contribution in [0, 0.1) is 0 Å². The fraction of sp³-hybridized carbons (Fsp3) is 0.273. The van der Waals surface area contributed by atoms with Crippen LogP contribution >= 0.6 is 0 Å². The van der Waals surface area contributed by atoms with E-state index >= 15 is 0 Å². The average molecular weight is 217 g/mol. The van der Waals surface area contributed by atoms with E-state index in [-0.39, 0.29) is 11.6 Å². The van der Waals surface area contributed by atoms with Crippen molar-refractivity contribution in [3.8, 4) is 5.75 Å². The number of benzene rings is 1. The number of rotatable bonds is 2. The lowest BCUT2D eigenvalue weighted by molar-refractivity contribution is -0.116. The molecule has 1 aliphatic heterocycles. The minimum Gasteiger partial charge on any atom is -0.497 e. The molecule has 5 heteroatoms. The Morgan fingerprint density at radius 3 is 2.81 bits per heavy atom. The number of likely N-dealkylation sites (N-methyl/N-ethyl adjacent to an activating group) is 1. The van der Waals surface area contributed by atoms with E-state index in [9.17, 15) is 4.79 Å². The molecule has 0 saturated carbocycles. The summed E-state index contributed by atoms with van der Waals surface area (Å²) in [7, 11) is 1.57. The molecule has 0 aliphatic carbocycles. The lowest BCUT2D eigenvalue weighted by Crippen LogP contribution is -2.30. The van der Waals surface area contributed by atoms with Crippen molar-refractivity contribution in [2.45, 2.75) is 6.92 Å². The minimum atomic E-state index is -0.284. The van der Waals surface area contributed by atoms with Gasteiger partial charge in [0.15, 0.2) is 0 Å². The highest BCUT2D eigenvalue weighted by Gasteiger charge is 2.39. The van der Waals surface area contributed by atoms with Crippen LogP contribution in [0.2, 0.25) is 0 Å². The van der Waals surface area contributed by atoms with Gasteiger partial charge in [-0.05, 0) is 19.1 Å². The fourth-order valence-electron chi connectivity index (χ4n) is 1.83. The number of anilines is 1. The number of hydrogen-bond acceptors (Lipinski definition) is 2. The van der Waals surface area contributed by atoms with Crippen molar-refractivity contribution in [2.75, 3.05) is 18.6 Å². The third-order valence-electron chi connectivity index (χ3n) is 2.61. The second-order valence-electron chi connectivity index (χ2n) is 3.38. The summed E-state index contributed by atoms with van der Waals surface area (Å²) in [6.07, 6.45) is 0. The topological polar surface area (TPSA) is 65.9 Å². The third kappa shape index (κ3) is 1.30. The molecular weight excluding hydrogens is 206 g/mol. The highest BCUT2D eigenvalue weighted by molar-refractivity contribution is 6.52. The predicted molar refractivity (Wildman–Crippen MR) is 58.7 cm³/mol. The molecule has 0 fully saturated rings. The van der Waals surface area contributed by atoms with Gasteiger partial charge in [0.1, 0.15) is 5.75 Å². The first-order valence-corrected chi connectivity index (χ1v) is 4.95. The average Bonchev–Trinajstić information content (AvgIpc) is 2.59. The van der Waals surface area contributed by atoms with E-state index in [1.807, 2.05) is 6.92 Å². The number of methoxy groups -OCH3 is 1. The van der Waals surface area contributed by atoms with Crippen LogP contribution in [0.25, 0.3) is 5.53 Å². The van der Waals surface area contributed by atoms with Gasteiger partial charge in [0, 0.05) is 12.6 Å². The van der Waals surface area contributed by atoms with E-state index < -0.39 is 0 Å². The van der Waals surface area contributed by atoms with Crippen molar-refractivity contribution >= 4 is 17.3 Å². The molecule has 0 bridgehead atoms. The highest BCUT2D eigenvalue weighted by atomic mass is 16.5. The third-order valence-corrected chi connectivity index (χ3v) is 2.61. The Morgan fingerprint density at radius 1 is 1.50 bits per heavy atom. The minimum absolute atomic E-state index is 0.0829. The van der Waals surface area contributed by atoms with Crippen LogP contribution in [-0.2, 0) is 4.79 Å². The van der Waals surface area contributed by atoms with Gasteiger partial charge in [-0.1, -0.05) is 0 Å². The molecule has 0 saturated heterocycles.